The topological polar surface area (TPSA) is 94.0 Å². The predicted octanol–water partition coefficient (Wildman–Crippen LogP) is 0.306. The molecule has 0 atom stereocenters. The molecule has 0 aromatic carbocycles. The smallest absolute Gasteiger partial charge is 0.200 e. The molecule has 0 saturated carbocycles. The fraction of sp³-hybridized carbons (Fsp3) is 0.600. The SMILES string of the molecule is CC(C)(CCN)CNc1ccc2nnnn2n1. The molecule has 0 spiro atoms. The lowest BCUT2D eigenvalue weighted by Crippen LogP contribution is -2.26. The zero-order chi connectivity index (χ0) is 12.3. The van der Waals surface area contributed by atoms with Gasteiger partial charge in [-0.15, -0.1) is 14.8 Å². The van der Waals surface area contributed by atoms with E-state index in [0.29, 0.717) is 12.2 Å². The van der Waals surface area contributed by atoms with Gasteiger partial charge in [-0.3, -0.25) is 0 Å². The molecule has 0 bridgehead atoms. The molecule has 2 aromatic heterocycles. The number of nitrogens with two attached hydrogens (primary N) is 1. The van der Waals surface area contributed by atoms with E-state index >= 15 is 0 Å². The van der Waals surface area contributed by atoms with Crippen LogP contribution in [-0.2, 0) is 0 Å². The highest BCUT2D eigenvalue weighted by molar-refractivity contribution is 5.42. The highest BCUT2D eigenvalue weighted by Gasteiger charge is 2.16. The Kier molecular flexibility index (Phi) is 3.19. The Morgan fingerprint density at radius 3 is 3.00 bits per heavy atom. The second-order valence-corrected chi connectivity index (χ2v) is 4.80. The number of fused-ring (bicyclic) bond motifs is 1. The van der Waals surface area contributed by atoms with Crippen molar-refractivity contribution < 1.29 is 0 Å². The highest BCUT2D eigenvalue weighted by atomic mass is 15.6. The molecule has 3 N–H and O–H groups in total. The summed E-state index contributed by atoms with van der Waals surface area (Å²) in [5.74, 6) is 0.759. The molecule has 0 aliphatic heterocycles. The van der Waals surface area contributed by atoms with Crippen molar-refractivity contribution in [2.75, 3.05) is 18.4 Å². The zero-order valence-corrected chi connectivity index (χ0v) is 10.1. The number of aromatic nitrogens is 5. The highest BCUT2D eigenvalue weighted by Crippen LogP contribution is 2.19. The lowest BCUT2D eigenvalue weighted by molar-refractivity contribution is 0.364. The number of hydrogen-bond donors (Lipinski definition) is 2. The van der Waals surface area contributed by atoms with Gasteiger partial charge in [-0.25, -0.2) is 0 Å². The Labute approximate surface area is 99.4 Å². The molecule has 7 heteroatoms. The van der Waals surface area contributed by atoms with Gasteiger partial charge >= 0.3 is 0 Å². The van der Waals surface area contributed by atoms with Gasteiger partial charge in [-0.1, -0.05) is 13.8 Å². The van der Waals surface area contributed by atoms with Gasteiger partial charge in [0.25, 0.3) is 0 Å². The maximum atomic E-state index is 5.57. The average molecular weight is 235 g/mol. The normalized spacial score (nSPS) is 11.9. The van der Waals surface area contributed by atoms with Crippen LogP contribution in [0.5, 0.6) is 0 Å². The molecule has 0 radical (unpaired) electrons. The van der Waals surface area contributed by atoms with Crippen LogP contribution in [0.3, 0.4) is 0 Å². The molecule has 0 saturated heterocycles. The summed E-state index contributed by atoms with van der Waals surface area (Å²) in [7, 11) is 0. The van der Waals surface area contributed by atoms with E-state index in [1.807, 2.05) is 12.1 Å². The molecule has 0 aliphatic rings. The lowest BCUT2D eigenvalue weighted by Gasteiger charge is -2.24. The van der Waals surface area contributed by atoms with Gasteiger partial charge in [-0.05, 0) is 40.9 Å². The molecule has 0 aliphatic carbocycles. The number of rotatable bonds is 5. The summed E-state index contributed by atoms with van der Waals surface area (Å²) >= 11 is 0. The third-order valence-corrected chi connectivity index (χ3v) is 2.64. The van der Waals surface area contributed by atoms with Crippen molar-refractivity contribution in [2.24, 2.45) is 11.1 Å². The van der Waals surface area contributed by atoms with Gasteiger partial charge in [-0.2, -0.15) is 0 Å². The molecule has 17 heavy (non-hydrogen) atoms. The predicted molar refractivity (Wildman–Crippen MR) is 64.5 cm³/mol. The molecule has 2 rings (SSSR count). The van der Waals surface area contributed by atoms with Crippen molar-refractivity contribution in [3.63, 3.8) is 0 Å². The van der Waals surface area contributed by atoms with Crippen molar-refractivity contribution >= 4 is 11.5 Å². The van der Waals surface area contributed by atoms with Crippen molar-refractivity contribution in [1.82, 2.24) is 25.3 Å². The van der Waals surface area contributed by atoms with Crippen LogP contribution in [0.2, 0.25) is 0 Å². The summed E-state index contributed by atoms with van der Waals surface area (Å²) < 4.78 is 1.40. The van der Waals surface area contributed by atoms with E-state index in [1.165, 1.54) is 4.63 Å². The standard InChI is InChI=1S/C10H17N7/c1-10(2,5-6-11)7-12-8-3-4-9-13-15-16-17(9)14-8/h3-4H,5-7,11H2,1-2H3,(H,12,14). The first-order chi connectivity index (χ1) is 8.11. The molecule has 0 unspecified atom stereocenters. The lowest BCUT2D eigenvalue weighted by atomic mass is 9.89. The minimum Gasteiger partial charge on any atom is -0.368 e. The van der Waals surface area contributed by atoms with Crippen LogP contribution in [0, 0.1) is 5.41 Å². The largest absolute Gasteiger partial charge is 0.368 e. The van der Waals surface area contributed by atoms with Crippen LogP contribution in [0.25, 0.3) is 5.65 Å². The maximum Gasteiger partial charge on any atom is 0.200 e. The third-order valence-electron chi connectivity index (χ3n) is 2.64. The summed E-state index contributed by atoms with van der Waals surface area (Å²) in [6.45, 7) is 5.84. The Hall–Kier alpha value is -1.76. The van der Waals surface area contributed by atoms with E-state index in [9.17, 15) is 0 Å². The van der Waals surface area contributed by atoms with Gasteiger partial charge in [0, 0.05) is 6.54 Å². The van der Waals surface area contributed by atoms with E-state index in [2.05, 4.69) is 39.8 Å². The number of nitrogens with one attached hydrogen (secondary N) is 1. The maximum absolute atomic E-state index is 5.57. The van der Waals surface area contributed by atoms with Crippen molar-refractivity contribution in [3.8, 4) is 0 Å². The minimum absolute atomic E-state index is 0.145. The van der Waals surface area contributed by atoms with Crippen LogP contribution in [-0.4, -0.2) is 38.3 Å². The molecular weight excluding hydrogens is 218 g/mol. The molecule has 2 aromatic rings. The number of hydrogen-bond acceptors (Lipinski definition) is 6. The first-order valence-corrected chi connectivity index (χ1v) is 5.60. The summed E-state index contributed by atoms with van der Waals surface area (Å²) in [5, 5.41) is 18.6. The van der Waals surface area contributed by atoms with Gasteiger partial charge in [0.1, 0.15) is 5.82 Å². The zero-order valence-electron chi connectivity index (χ0n) is 10.1. The van der Waals surface area contributed by atoms with Crippen LogP contribution < -0.4 is 11.1 Å². The van der Waals surface area contributed by atoms with E-state index in [-0.39, 0.29) is 5.41 Å². The molecular formula is C10H17N7. The van der Waals surface area contributed by atoms with E-state index in [0.717, 1.165) is 18.8 Å². The van der Waals surface area contributed by atoms with Crippen LogP contribution >= 0.6 is 0 Å². The van der Waals surface area contributed by atoms with Gasteiger partial charge in [0.15, 0.2) is 5.65 Å². The fourth-order valence-electron chi connectivity index (χ4n) is 1.55. The minimum atomic E-state index is 0.145. The Morgan fingerprint density at radius 1 is 1.41 bits per heavy atom. The molecule has 2 heterocycles. The summed E-state index contributed by atoms with van der Waals surface area (Å²) in [5.41, 5.74) is 6.35. The average Bonchev–Trinajstić information content (AvgIpc) is 2.73. The van der Waals surface area contributed by atoms with Crippen LogP contribution in [0.1, 0.15) is 20.3 Å². The van der Waals surface area contributed by atoms with Crippen LogP contribution in [0.15, 0.2) is 12.1 Å². The van der Waals surface area contributed by atoms with E-state index < -0.39 is 0 Å². The monoisotopic (exact) mass is 235 g/mol. The van der Waals surface area contributed by atoms with Crippen molar-refractivity contribution in [1.29, 1.82) is 0 Å². The summed E-state index contributed by atoms with van der Waals surface area (Å²) in [6, 6.07) is 3.69. The molecule has 0 amide bonds. The van der Waals surface area contributed by atoms with Crippen molar-refractivity contribution in [2.45, 2.75) is 20.3 Å². The first kappa shape index (κ1) is 11.7. The van der Waals surface area contributed by atoms with Crippen molar-refractivity contribution in [3.05, 3.63) is 12.1 Å². The molecule has 7 nitrogen and oxygen atoms in total. The number of tetrazole rings is 1. The Balaban J connectivity index is 2.03. The quantitative estimate of drug-likeness (QED) is 0.774. The number of anilines is 1. The van der Waals surface area contributed by atoms with Gasteiger partial charge in [0.2, 0.25) is 0 Å². The Bertz CT molecular complexity index is 490. The van der Waals surface area contributed by atoms with E-state index in [1.54, 1.807) is 0 Å². The van der Waals surface area contributed by atoms with E-state index in [4.69, 9.17) is 5.73 Å². The molecule has 0 fully saturated rings. The first-order valence-electron chi connectivity index (χ1n) is 5.60. The van der Waals surface area contributed by atoms with Gasteiger partial charge < -0.3 is 11.1 Å². The van der Waals surface area contributed by atoms with Gasteiger partial charge in [0.05, 0.1) is 0 Å². The molecule has 92 valence electrons. The fourth-order valence-corrected chi connectivity index (χ4v) is 1.55. The summed E-state index contributed by atoms with van der Waals surface area (Å²) in [4.78, 5) is 0. The second kappa shape index (κ2) is 4.62. The second-order valence-electron chi connectivity index (χ2n) is 4.80. The third kappa shape index (κ3) is 2.88. The number of nitrogens with zero attached hydrogens (tertiary/aromatic N) is 5. The van der Waals surface area contributed by atoms with Crippen LogP contribution in [0.4, 0.5) is 5.82 Å². The Morgan fingerprint density at radius 2 is 2.24 bits per heavy atom. The summed E-state index contributed by atoms with van der Waals surface area (Å²) in [6.07, 6.45) is 0.965.